The highest BCUT2D eigenvalue weighted by molar-refractivity contribution is 6.23. The predicted octanol–water partition coefficient (Wildman–Crippen LogP) is 18.4. The van der Waals surface area contributed by atoms with Gasteiger partial charge in [-0.1, -0.05) is 159 Å². The van der Waals surface area contributed by atoms with E-state index in [4.69, 9.17) is 25.2 Å². The van der Waals surface area contributed by atoms with Crippen LogP contribution in [-0.2, 0) is 19.5 Å². The van der Waals surface area contributed by atoms with Gasteiger partial charge in [-0.25, -0.2) is 9.98 Å². The number of nitrogens with one attached hydrogen (secondary N) is 4. The van der Waals surface area contributed by atoms with Crippen molar-refractivity contribution < 1.29 is 34.1 Å². The fourth-order valence-corrected chi connectivity index (χ4v) is 14.9. The second kappa shape index (κ2) is 35.6. The minimum atomic E-state index is -0.355. The molecule has 8 N–H and O–H groups in total. The van der Waals surface area contributed by atoms with Crippen LogP contribution in [-0.4, -0.2) is 106 Å². The van der Waals surface area contributed by atoms with Crippen molar-refractivity contribution in [3.63, 3.8) is 0 Å². The lowest BCUT2D eigenvalue weighted by Crippen LogP contribution is -2.28. The van der Waals surface area contributed by atoms with E-state index in [1.54, 1.807) is 26.4 Å². The van der Waals surface area contributed by atoms with E-state index in [1.807, 2.05) is 196 Å². The summed E-state index contributed by atoms with van der Waals surface area (Å²) >= 11 is 0. The van der Waals surface area contributed by atoms with Gasteiger partial charge in [0, 0.05) is 74.9 Å². The van der Waals surface area contributed by atoms with Gasteiger partial charge in [0.05, 0.1) is 66.3 Å². The van der Waals surface area contributed by atoms with Gasteiger partial charge in [-0.15, -0.1) is 0 Å². The molecule has 556 valence electrons. The molecule has 10 aromatic carbocycles. The number of ether oxygens (including phenoxy) is 2. The highest BCUT2D eigenvalue weighted by Crippen LogP contribution is 2.39. The number of H-pyrrole nitrogens is 2. The Balaban J connectivity index is 0.000000153. The maximum absolute atomic E-state index is 13.4. The lowest BCUT2D eigenvalue weighted by molar-refractivity contribution is 0.0931. The molecule has 5 heterocycles. The number of anilines is 1. The number of likely N-dealkylation sites (tertiary alicyclic amines) is 2. The molecule has 12 aromatic rings. The van der Waals surface area contributed by atoms with Gasteiger partial charge in [0.1, 0.15) is 11.5 Å². The minimum Gasteiger partial charge on any atom is -0.497 e. The number of primary amides is 1. The summed E-state index contributed by atoms with van der Waals surface area (Å²) in [7, 11) is 3.25. The Morgan fingerprint density at radius 2 is 0.927 bits per heavy atom. The number of hydrogen-bond acceptors (Lipinski definition) is 12. The summed E-state index contributed by atoms with van der Waals surface area (Å²) < 4.78 is 10.6. The molecule has 2 saturated heterocycles. The first kappa shape index (κ1) is 75.2. The number of aromatic nitrogens is 2. The van der Waals surface area contributed by atoms with Crippen LogP contribution in [0, 0.1) is 0 Å². The molecule has 109 heavy (non-hydrogen) atoms. The number of fused-ring (bicyclic) bond motifs is 3. The van der Waals surface area contributed by atoms with E-state index in [0.717, 1.165) is 120 Å². The predicted molar refractivity (Wildman–Crippen MR) is 438 cm³/mol. The summed E-state index contributed by atoms with van der Waals surface area (Å²) in [6, 6.07) is 78.8. The SMILES string of the molecule is CC[C@@H](c1ccccc1)N1CCc2cc(C(N)=O)ccc21.COc1ccc([C@H](C)NC(=O)c2ccc3[nH]c(O)c(C(=Nc4ccc(CN5CCCCC5)cc4)c4ccccc4)c3c2)cc1.COc1cccc([C@H](C)NC(=O)c2ccc3[nH]c(O)c(C(=Nc4ccc(CN5CCCCC5)cc4)c4ccccc4)c3c2)c1. The van der Waals surface area contributed by atoms with Crippen molar-refractivity contribution in [3.05, 3.63) is 315 Å². The van der Waals surface area contributed by atoms with Gasteiger partial charge in [-0.3, -0.25) is 24.2 Å². The zero-order chi connectivity index (χ0) is 75.8. The van der Waals surface area contributed by atoms with E-state index in [0.29, 0.717) is 50.7 Å². The normalized spacial score (nSPS) is 14.8. The van der Waals surface area contributed by atoms with Gasteiger partial charge in [0.25, 0.3) is 11.8 Å². The zero-order valence-corrected chi connectivity index (χ0v) is 62.7. The first-order chi connectivity index (χ1) is 53.2. The Hall–Kier alpha value is -12.1. The van der Waals surface area contributed by atoms with Crippen LogP contribution in [0.2, 0.25) is 0 Å². The minimum absolute atomic E-state index is 0.00614. The van der Waals surface area contributed by atoms with Gasteiger partial charge >= 0.3 is 0 Å². The Kier molecular flexibility index (Phi) is 24.5. The molecule has 2 aromatic heterocycles. The number of carbonyl (C=O) groups excluding carboxylic acids is 3. The second-order valence-electron chi connectivity index (χ2n) is 28.3. The third-order valence-electron chi connectivity index (χ3n) is 20.9. The molecule has 15 rings (SSSR count). The molecule has 0 unspecified atom stereocenters. The molecule has 17 heteroatoms. The molecular weight excluding hydrogens is 1360 g/mol. The number of benzene rings is 10. The van der Waals surface area contributed by atoms with E-state index in [9.17, 15) is 24.6 Å². The Labute approximate surface area is 638 Å². The second-order valence-corrected chi connectivity index (χ2v) is 28.3. The summed E-state index contributed by atoms with van der Waals surface area (Å²) in [6.45, 7) is 13.6. The van der Waals surface area contributed by atoms with Crippen LogP contribution in [0.25, 0.3) is 21.8 Å². The number of aromatic hydroxyl groups is 2. The van der Waals surface area contributed by atoms with E-state index >= 15 is 0 Å². The third kappa shape index (κ3) is 18.5. The maximum Gasteiger partial charge on any atom is 0.251 e. The lowest BCUT2D eigenvalue weighted by Gasteiger charge is -2.30. The zero-order valence-electron chi connectivity index (χ0n) is 62.7. The summed E-state index contributed by atoms with van der Waals surface area (Å²) in [6.07, 6.45) is 9.73. The number of aromatic amines is 2. The number of carbonyl (C=O) groups is 3. The number of aliphatic imine (C=N–C) groups is 2. The summed E-state index contributed by atoms with van der Waals surface area (Å²) in [4.78, 5) is 61.8. The van der Waals surface area contributed by atoms with E-state index < -0.39 is 0 Å². The molecule has 2 fully saturated rings. The number of methoxy groups -OCH3 is 2. The summed E-state index contributed by atoms with van der Waals surface area (Å²) in [5.41, 5.74) is 22.3. The average Bonchev–Trinajstić information content (AvgIpc) is 1.66. The highest BCUT2D eigenvalue weighted by atomic mass is 16.5. The fourth-order valence-electron chi connectivity index (χ4n) is 14.9. The number of nitrogens with zero attached hydrogens (tertiary/aromatic N) is 5. The van der Waals surface area contributed by atoms with E-state index in [-0.39, 0.29) is 41.6 Å². The fraction of sp³-hybridized carbons (Fsp3) is 0.250. The van der Waals surface area contributed by atoms with Crippen LogP contribution in [0.4, 0.5) is 17.1 Å². The Morgan fingerprint density at radius 1 is 0.468 bits per heavy atom. The first-order valence-electron chi connectivity index (χ1n) is 37.9. The van der Waals surface area contributed by atoms with Crippen molar-refractivity contribution in [2.75, 3.05) is 51.8 Å². The standard InChI is InChI=1S/2C37H38N4O3.C18H20N2O/c1-25(28-12-9-13-31(22-28)44-2)38-36(42)29-16-19-33-32(23-29)34(37(43)40-33)35(27-10-5-3-6-11-27)39-30-17-14-26(15-18-30)24-41-20-7-4-8-21-41;1-25(27-13-18-31(44-2)19-14-27)38-36(42)29-15-20-33-32(23-29)34(37(43)40-33)35(28-9-5-3-6-10-28)39-30-16-11-26(12-17-30)24-41-21-7-4-8-22-41;1-2-16(13-6-4-3-5-7-13)20-11-10-14-12-15(18(19)21)8-9-17(14)20/h3,5-6,9-19,22-23,25,40,43H,4,7-8,20-21,24H2,1-2H3,(H,38,42);3,5-6,9-20,23,25,40,43H,4,7-8,21-22,24H2,1-2H3,(H,38,42);3-9,12,16H,2,10-11H2,1H3,(H2,19,21)/t2*25-;16-/m000/s1. The molecule has 3 aliphatic heterocycles. The third-order valence-corrected chi connectivity index (χ3v) is 20.9. The van der Waals surface area contributed by atoms with Gasteiger partial charge in [0.2, 0.25) is 5.91 Å². The van der Waals surface area contributed by atoms with Crippen LogP contribution >= 0.6 is 0 Å². The molecule has 0 spiro atoms. The first-order valence-corrected chi connectivity index (χ1v) is 37.9. The van der Waals surface area contributed by atoms with Crippen LogP contribution in [0.3, 0.4) is 0 Å². The number of piperidine rings is 2. The average molecular weight is 1450 g/mol. The van der Waals surface area contributed by atoms with Crippen molar-refractivity contribution >= 4 is 68.0 Å². The topological polar surface area (TPSA) is 226 Å². The van der Waals surface area contributed by atoms with Crippen LogP contribution in [0.15, 0.2) is 253 Å². The van der Waals surface area contributed by atoms with Crippen molar-refractivity contribution in [2.45, 2.75) is 103 Å². The molecule has 3 aliphatic rings. The van der Waals surface area contributed by atoms with Gasteiger partial charge in [-0.05, 0) is 215 Å². The summed E-state index contributed by atoms with van der Waals surface area (Å²) in [5.74, 6) is 0.746. The van der Waals surface area contributed by atoms with Crippen molar-refractivity contribution in [1.82, 2.24) is 30.4 Å². The van der Waals surface area contributed by atoms with Crippen LogP contribution in [0.1, 0.15) is 171 Å². The lowest BCUT2D eigenvalue weighted by atomic mass is 9.99. The van der Waals surface area contributed by atoms with Crippen LogP contribution < -0.4 is 30.7 Å². The van der Waals surface area contributed by atoms with Crippen LogP contribution in [0.5, 0.6) is 23.3 Å². The van der Waals surface area contributed by atoms with E-state index in [2.05, 4.69) is 90.8 Å². The maximum atomic E-state index is 13.4. The molecule has 3 atom stereocenters. The van der Waals surface area contributed by atoms with Crippen molar-refractivity contribution in [2.24, 2.45) is 15.7 Å². The molecule has 0 aliphatic carbocycles. The van der Waals surface area contributed by atoms with Crippen molar-refractivity contribution in [3.8, 4) is 23.3 Å². The van der Waals surface area contributed by atoms with Gasteiger partial charge in [0.15, 0.2) is 11.8 Å². The number of nitrogens with two attached hydrogens (primary N) is 1. The summed E-state index contributed by atoms with van der Waals surface area (Å²) in [5, 5.41) is 30.0. The smallest absolute Gasteiger partial charge is 0.251 e. The molecule has 0 saturated carbocycles. The van der Waals surface area contributed by atoms with Gasteiger partial charge in [-0.2, -0.15) is 0 Å². The molecule has 0 bridgehead atoms. The Morgan fingerprint density at radius 3 is 1.39 bits per heavy atom. The van der Waals surface area contributed by atoms with Crippen molar-refractivity contribution in [1.29, 1.82) is 0 Å². The number of hydrogen-bond donors (Lipinski definition) is 7. The quantitative estimate of drug-likeness (QED) is 0.0318. The van der Waals surface area contributed by atoms with Gasteiger partial charge < -0.3 is 50.9 Å². The highest BCUT2D eigenvalue weighted by Gasteiger charge is 2.28. The number of amides is 3. The molecular formula is C92H96N10O7. The Bertz CT molecular complexity index is 5150. The largest absolute Gasteiger partial charge is 0.497 e. The number of rotatable bonds is 22. The van der Waals surface area contributed by atoms with E-state index in [1.165, 1.54) is 66.5 Å². The molecule has 17 nitrogen and oxygen atoms in total. The molecule has 0 radical (unpaired) electrons. The monoisotopic (exact) mass is 1450 g/mol. The molecule has 3 amide bonds.